The summed E-state index contributed by atoms with van der Waals surface area (Å²) in [4.78, 5) is 0. The summed E-state index contributed by atoms with van der Waals surface area (Å²) in [5.41, 5.74) is 6.88. The fourth-order valence-corrected chi connectivity index (χ4v) is 1.03. The third kappa shape index (κ3) is 2.97. The molecule has 13 heavy (non-hydrogen) atoms. The standard InChI is InChI=1S/C9H10F3N/c1-6-2-3-7(4-8(6)13)5-9(10,11)12/h2-4H,5,13H2,1H3. The molecule has 0 unspecified atom stereocenters. The Morgan fingerprint density at radius 1 is 1.31 bits per heavy atom. The second kappa shape index (κ2) is 3.28. The minimum absolute atomic E-state index is 0.204. The number of rotatable bonds is 1. The number of hydrogen-bond acceptors (Lipinski definition) is 1. The zero-order valence-electron chi connectivity index (χ0n) is 7.15. The van der Waals surface area contributed by atoms with Gasteiger partial charge in [-0.2, -0.15) is 13.2 Å². The van der Waals surface area contributed by atoms with Crippen molar-refractivity contribution in [3.63, 3.8) is 0 Å². The first-order valence-corrected chi connectivity index (χ1v) is 3.80. The number of halogens is 3. The first-order chi connectivity index (χ1) is 5.88. The zero-order chi connectivity index (χ0) is 10.1. The molecule has 1 aromatic rings. The molecule has 0 saturated heterocycles. The highest BCUT2D eigenvalue weighted by atomic mass is 19.4. The summed E-state index contributed by atoms with van der Waals surface area (Å²) in [5, 5.41) is 0. The molecule has 0 aliphatic heterocycles. The SMILES string of the molecule is Cc1ccc(CC(F)(F)F)cc1N. The molecule has 0 amide bonds. The smallest absolute Gasteiger partial charge is 0.393 e. The van der Waals surface area contributed by atoms with Crippen LogP contribution in [-0.2, 0) is 6.42 Å². The van der Waals surface area contributed by atoms with Crippen LogP contribution in [0.1, 0.15) is 11.1 Å². The Morgan fingerprint density at radius 3 is 2.38 bits per heavy atom. The van der Waals surface area contributed by atoms with Crippen molar-refractivity contribution in [2.24, 2.45) is 0 Å². The number of alkyl halides is 3. The third-order valence-electron chi connectivity index (χ3n) is 1.75. The van der Waals surface area contributed by atoms with Gasteiger partial charge in [0, 0.05) is 5.69 Å². The van der Waals surface area contributed by atoms with Gasteiger partial charge in [-0.15, -0.1) is 0 Å². The van der Waals surface area contributed by atoms with E-state index in [0.29, 0.717) is 5.69 Å². The van der Waals surface area contributed by atoms with Crippen LogP contribution in [0, 0.1) is 6.92 Å². The Bertz CT molecular complexity index is 304. The van der Waals surface area contributed by atoms with E-state index >= 15 is 0 Å². The van der Waals surface area contributed by atoms with Gasteiger partial charge in [-0.3, -0.25) is 0 Å². The molecule has 0 spiro atoms. The fraction of sp³-hybridized carbons (Fsp3) is 0.333. The number of benzene rings is 1. The summed E-state index contributed by atoms with van der Waals surface area (Å²) in [7, 11) is 0. The average Bonchev–Trinajstić information content (AvgIpc) is 1.94. The van der Waals surface area contributed by atoms with Crippen molar-refractivity contribution in [3.8, 4) is 0 Å². The van der Waals surface area contributed by atoms with Gasteiger partial charge in [-0.05, 0) is 24.1 Å². The van der Waals surface area contributed by atoms with Crippen LogP contribution in [0.4, 0.5) is 18.9 Å². The molecule has 0 bridgehead atoms. The van der Waals surface area contributed by atoms with Gasteiger partial charge in [0.25, 0.3) is 0 Å². The maximum Gasteiger partial charge on any atom is 0.393 e. The molecule has 0 aliphatic carbocycles. The number of anilines is 1. The largest absolute Gasteiger partial charge is 0.399 e. The van der Waals surface area contributed by atoms with Crippen LogP contribution in [0.5, 0.6) is 0 Å². The van der Waals surface area contributed by atoms with Crippen molar-refractivity contribution in [1.82, 2.24) is 0 Å². The van der Waals surface area contributed by atoms with Crippen LogP contribution < -0.4 is 5.73 Å². The van der Waals surface area contributed by atoms with Gasteiger partial charge in [0.2, 0.25) is 0 Å². The highest BCUT2D eigenvalue weighted by Crippen LogP contribution is 2.23. The lowest BCUT2D eigenvalue weighted by Gasteiger charge is -2.07. The Hall–Kier alpha value is -1.19. The molecule has 0 fully saturated rings. The van der Waals surface area contributed by atoms with E-state index in [9.17, 15) is 13.2 Å². The van der Waals surface area contributed by atoms with Gasteiger partial charge >= 0.3 is 6.18 Å². The molecule has 0 radical (unpaired) electrons. The van der Waals surface area contributed by atoms with Gasteiger partial charge in [0.1, 0.15) is 0 Å². The monoisotopic (exact) mass is 189 g/mol. The molecule has 0 atom stereocenters. The Morgan fingerprint density at radius 2 is 1.92 bits per heavy atom. The average molecular weight is 189 g/mol. The van der Waals surface area contributed by atoms with E-state index in [0.717, 1.165) is 5.56 Å². The van der Waals surface area contributed by atoms with Crippen LogP contribution in [-0.4, -0.2) is 6.18 Å². The van der Waals surface area contributed by atoms with E-state index in [1.807, 2.05) is 0 Å². The minimum Gasteiger partial charge on any atom is -0.399 e. The van der Waals surface area contributed by atoms with Crippen LogP contribution in [0.25, 0.3) is 0 Å². The Kier molecular flexibility index (Phi) is 2.50. The van der Waals surface area contributed by atoms with Crippen molar-refractivity contribution >= 4 is 5.69 Å². The van der Waals surface area contributed by atoms with Crippen molar-refractivity contribution < 1.29 is 13.2 Å². The van der Waals surface area contributed by atoms with E-state index in [-0.39, 0.29) is 5.56 Å². The molecular formula is C9H10F3N. The van der Waals surface area contributed by atoms with Crippen molar-refractivity contribution in [1.29, 1.82) is 0 Å². The van der Waals surface area contributed by atoms with Gasteiger partial charge in [0.05, 0.1) is 6.42 Å². The van der Waals surface area contributed by atoms with Crippen molar-refractivity contribution in [3.05, 3.63) is 29.3 Å². The number of hydrogen-bond donors (Lipinski definition) is 1. The molecular weight excluding hydrogens is 179 g/mol. The van der Waals surface area contributed by atoms with Crippen molar-refractivity contribution in [2.75, 3.05) is 5.73 Å². The lowest BCUT2D eigenvalue weighted by Crippen LogP contribution is -2.11. The maximum absolute atomic E-state index is 11.9. The summed E-state index contributed by atoms with van der Waals surface area (Å²) < 4.78 is 35.8. The first-order valence-electron chi connectivity index (χ1n) is 3.80. The van der Waals surface area contributed by atoms with Gasteiger partial charge in [-0.1, -0.05) is 12.1 Å². The van der Waals surface area contributed by atoms with E-state index in [1.54, 1.807) is 13.0 Å². The highest BCUT2D eigenvalue weighted by Gasteiger charge is 2.27. The van der Waals surface area contributed by atoms with Crippen LogP contribution >= 0.6 is 0 Å². The topological polar surface area (TPSA) is 26.0 Å². The van der Waals surface area contributed by atoms with Crippen LogP contribution in [0.3, 0.4) is 0 Å². The molecule has 0 aromatic heterocycles. The van der Waals surface area contributed by atoms with Gasteiger partial charge < -0.3 is 5.73 Å². The van der Waals surface area contributed by atoms with E-state index in [2.05, 4.69) is 0 Å². The van der Waals surface area contributed by atoms with Crippen molar-refractivity contribution in [2.45, 2.75) is 19.5 Å². The van der Waals surface area contributed by atoms with E-state index < -0.39 is 12.6 Å². The summed E-state index contributed by atoms with van der Waals surface area (Å²) in [6.07, 6.45) is -5.08. The predicted octanol–water partition coefficient (Wildman–Crippen LogP) is 2.68. The molecule has 0 saturated carbocycles. The first kappa shape index (κ1) is 9.89. The number of aryl methyl sites for hydroxylation is 1. The summed E-state index contributed by atoms with van der Waals surface area (Å²) in [6, 6.07) is 4.40. The predicted molar refractivity (Wildman–Crippen MR) is 45.4 cm³/mol. The second-order valence-corrected chi connectivity index (χ2v) is 2.98. The summed E-state index contributed by atoms with van der Waals surface area (Å²) >= 11 is 0. The highest BCUT2D eigenvalue weighted by molar-refractivity contribution is 5.48. The van der Waals surface area contributed by atoms with E-state index in [4.69, 9.17) is 5.73 Å². The fourth-order valence-electron chi connectivity index (χ4n) is 1.03. The second-order valence-electron chi connectivity index (χ2n) is 2.98. The molecule has 1 rings (SSSR count). The number of nitrogen functional groups attached to an aromatic ring is 1. The summed E-state index contributed by atoms with van der Waals surface area (Å²) in [6.45, 7) is 1.76. The summed E-state index contributed by atoms with van der Waals surface area (Å²) in [5.74, 6) is 0. The third-order valence-corrected chi connectivity index (χ3v) is 1.75. The maximum atomic E-state index is 11.9. The van der Waals surface area contributed by atoms with E-state index in [1.165, 1.54) is 12.1 Å². The molecule has 72 valence electrons. The van der Waals surface area contributed by atoms with Gasteiger partial charge in [0.15, 0.2) is 0 Å². The lowest BCUT2D eigenvalue weighted by molar-refractivity contribution is -0.127. The quantitative estimate of drug-likeness (QED) is 0.675. The molecule has 0 heterocycles. The Balaban J connectivity index is 2.86. The molecule has 1 aromatic carbocycles. The molecule has 0 aliphatic rings. The van der Waals surface area contributed by atoms with Crippen LogP contribution in [0.15, 0.2) is 18.2 Å². The zero-order valence-corrected chi connectivity index (χ0v) is 7.15. The van der Waals surface area contributed by atoms with Gasteiger partial charge in [-0.25, -0.2) is 0 Å². The number of nitrogens with two attached hydrogens (primary N) is 1. The minimum atomic E-state index is -4.16. The van der Waals surface area contributed by atoms with Crippen LogP contribution in [0.2, 0.25) is 0 Å². The lowest BCUT2D eigenvalue weighted by atomic mass is 10.1. The molecule has 1 nitrogen and oxygen atoms in total. The molecule has 2 N–H and O–H groups in total. The molecule has 4 heteroatoms. The normalized spacial score (nSPS) is 11.7. The Labute approximate surface area is 74.4 Å².